The van der Waals surface area contributed by atoms with Crippen LogP contribution in [0, 0.1) is 5.92 Å². The van der Waals surface area contributed by atoms with Crippen molar-refractivity contribution < 1.29 is 4.42 Å². The molecule has 5 heteroatoms. The molecule has 0 spiro atoms. The summed E-state index contributed by atoms with van der Waals surface area (Å²) in [5.74, 6) is 1.84. The van der Waals surface area contributed by atoms with E-state index in [4.69, 9.17) is 10.2 Å². The quantitative estimate of drug-likeness (QED) is 0.920. The van der Waals surface area contributed by atoms with E-state index < -0.39 is 0 Å². The standard InChI is InChI=1S/C15H20N4O/c1-11(16)13-7-8-19(9-13)10-14-17-18-15(20-14)12-5-3-2-4-6-12/h2-6,11,13H,7-10,16H2,1H3. The lowest BCUT2D eigenvalue weighted by molar-refractivity contribution is 0.276. The first-order valence-corrected chi connectivity index (χ1v) is 7.08. The van der Waals surface area contributed by atoms with Crippen LogP contribution in [-0.4, -0.2) is 34.2 Å². The minimum absolute atomic E-state index is 0.252. The molecule has 0 bridgehead atoms. The fourth-order valence-corrected chi connectivity index (χ4v) is 2.64. The van der Waals surface area contributed by atoms with Gasteiger partial charge in [0.25, 0.3) is 0 Å². The Morgan fingerprint density at radius 3 is 2.85 bits per heavy atom. The van der Waals surface area contributed by atoms with Crippen molar-refractivity contribution in [2.45, 2.75) is 25.9 Å². The van der Waals surface area contributed by atoms with E-state index in [0.717, 1.165) is 25.1 Å². The number of aromatic nitrogens is 2. The summed E-state index contributed by atoms with van der Waals surface area (Å²) in [6, 6.07) is 10.1. The summed E-state index contributed by atoms with van der Waals surface area (Å²) in [7, 11) is 0. The Bertz CT molecular complexity index is 552. The van der Waals surface area contributed by atoms with Gasteiger partial charge in [0.2, 0.25) is 11.8 Å². The number of hydrogen-bond acceptors (Lipinski definition) is 5. The molecule has 5 nitrogen and oxygen atoms in total. The number of hydrogen-bond donors (Lipinski definition) is 1. The fourth-order valence-electron chi connectivity index (χ4n) is 2.64. The zero-order valence-corrected chi connectivity index (χ0v) is 11.7. The summed E-state index contributed by atoms with van der Waals surface area (Å²) in [4.78, 5) is 2.33. The molecular formula is C15H20N4O. The number of nitrogens with two attached hydrogens (primary N) is 1. The predicted octanol–water partition coefficient (Wildman–Crippen LogP) is 1.91. The molecule has 0 radical (unpaired) electrons. The number of rotatable bonds is 4. The molecule has 2 unspecified atom stereocenters. The van der Waals surface area contributed by atoms with E-state index in [-0.39, 0.29) is 6.04 Å². The molecule has 106 valence electrons. The first kappa shape index (κ1) is 13.3. The molecule has 1 aromatic heterocycles. The van der Waals surface area contributed by atoms with Gasteiger partial charge in [-0.1, -0.05) is 18.2 Å². The van der Waals surface area contributed by atoms with Crippen molar-refractivity contribution in [1.82, 2.24) is 15.1 Å². The first-order valence-electron chi connectivity index (χ1n) is 7.08. The van der Waals surface area contributed by atoms with Gasteiger partial charge in [0.1, 0.15) is 0 Å². The molecule has 2 aromatic rings. The summed E-state index contributed by atoms with van der Waals surface area (Å²) < 4.78 is 5.73. The van der Waals surface area contributed by atoms with Gasteiger partial charge < -0.3 is 10.2 Å². The second-order valence-electron chi connectivity index (χ2n) is 5.51. The highest BCUT2D eigenvalue weighted by Crippen LogP contribution is 2.22. The molecule has 0 aliphatic carbocycles. The van der Waals surface area contributed by atoms with E-state index in [0.29, 0.717) is 24.2 Å². The molecule has 1 aliphatic heterocycles. The molecule has 0 amide bonds. The summed E-state index contributed by atoms with van der Waals surface area (Å²) in [5, 5.41) is 8.25. The number of likely N-dealkylation sites (tertiary alicyclic amines) is 1. The van der Waals surface area contributed by atoms with Crippen LogP contribution in [0.15, 0.2) is 34.7 Å². The molecular weight excluding hydrogens is 252 g/mol. The molecule has 3 rings (SSSR count). The molecule has 1 aliphatic rings. The second-order valence-corrected chi connectivity index (χ2v) is 5.51. The maximum Gasteiger partial charge on any atom is 0.247 e. The van der Waals surface area contributed by atoms with Crippen LogP contribution in [0.3, 0.4) is 0 Å². The third-order valence-corrected chi connectivity index (χ3v) is 3.90. The van der Waals surface area contributed by atoms with Crippen LogP contribution in [0.1, 0.15) is 19.2 Å². The largest absolute Gasteiger partial charge is 0.419 e. The van der Waals surface area contributed by atoms with E-state index in [9.17, 15) is 0 Å². The Hall–Kier alpha value is -1.72. The molecule has 20 heavy (non-hydrogen) atoms. The van der Waals surface area contributed by atoms with Gasteiger partial charge in [-0.25, -0.2) is 0 Å². The van der Waals surface area contributed by atoms with Crippen LogP contribution in [0.2, 0.25) is 0 Å². The van der Waals surface area contributed by atoms with Gasteiger partial charge in [0.05, 0.1) is 6.54 Å². The molecule has 0 saturated carbocycles. The summed E-state index contributed by atoms with van der Waals surface area (Å²) in [6.45, 7) is 4.85. The monoisotopic (exact) mass is 272 g/mol. The minimum Gasteiger partial charge on any atom is -0.419 e. The van der Waals surface area contributed by atoms with Crippen LogP contribution >= 0.6 is 0 Å². The van der Waals surface area contributed by atoms with Crippen molar-refractivity contribution in [3.05, 3.63) is 36.2 Å². The average Bonchev–Trinajstić information content (AvgIpc) is 3.10. The molecule has 2 N–H and O–H groups in total. The van der Waals surface area contributed by atoms with E-state index in [1.54, 1.807) is 0 Å². The Balaban J connectivity index is 1.64. The molecule has 2 atom stereocenters. The Kier molecular flexibility index (Phi) is 3.80. The molecule has 2 heterocycles. The van der Waals surface area contributed by atoms with E-state index >= 15 is 0 Å². The number of benzene rings is 1. The Morgan fingerprint density at radius 1 is 1.35 bits per heavy atom. The van der Waals surface area contributed by atoms with Crippen molar-refractivity contribution >= 4 is 0 Å². The van der Waals surface area contributed by atoms with Gasteiger partial charge in [0, 0.05) is 18.2 Å². The van der Waals surface area contributed by atoms with Crippen molar-refractivity contribution in [1.29, 1.82) is 0 Å². The Labute approximate surface area is 118 Å². The van der Waals surface area contributed by atoms with Gasteiger partial charge in [0.15, 0.2) is 0 Å². The first-order chi connectivity index (χ1) is 9.72. The lowest BCUT2D eigenvalue weighted by Gasteiger charge is -2.15. The van der Waals surface area contributed by atoms with Crippen LogP contribution in [0.5, 0.6) is 0 Å². The highest BCUT2D eigenvalue weighted by Gasteiger charge is 2.26. The minimum atomic E-state index is 0.252. The molecule has 1 aromatic carbocycles. The van der Waals surface area contributed by atoms with Crippen molar-refractivity contribution in [2.75, 3.05) is 13.1 Å². The molecule has 1 fully saturated rings. The fraction of sp³-hybridized carbons (Fsp3) is 0.467. The van der Waals surface area contributed by atoms with Gasteiger partial charge in [-0.15, -0.1) is 10.2 Å². The zero-order valence-electron chi connectivity index (χ0n) is 11.7. The smallest absolute Gasteiger partial charge is 0.247 e. The topological polar surface area (TPSA) is 68.2 Å². The second kappa shape index (κ2) is 5.73. The van der Waals surface area contributed by atoms with Crippen LogP contribution in [0.4, 0.5) is 0 Å². The summed E-state index contributed by atoms with van der Waals surface area (Å²) in [5.41, 5.74) is 6.91. The van der Waals surface area contributed by atoms with Gasteiger partial charge in [-0.05, 0) is 37.9 Å². The van der Waals surface area contributed by atoms with E-state index in [2.05, 4.69) is 22.0 Å². The van der Waals surface area contributed by atoms with Gasteiger partial charge in [-0.2, -0.15) is 0 Å². The average molecular weight is 272 g/mol. The SMILES string of the molecule is CC(N)C1CCN(Cc2nnc(-c3ccccc3)o2)C1. The van der Waals surface area contributed by atoms with E-state index in [1.165, 1.54) is 0 Å². The lowest BCUT2D eigenvalue weighted by atomic mass is 10.0. The van der Waals surface area contributed by atoms with E-state index in [1.807, 2.05) is 30.3 Å². The lowest BCUT2D eigenvalue weighted by Crippen LogP contribution is -2.29. The third kappa shape index (κ3) is 2.89. The van der Waals surface area contributed by atoms with Crippen molar-refractivity contribution in [3.8, 4) is 11.5 Å². The van der Waals surface area contributed by atoms with Crippen LogP contribution in [-0.2, 0) is 6.54 Å². The van der Waals surface area contributed by atoms with Gasteiger partial charge in [-0.3, -0.25) is 4.90 Å². The summed E-state index contributed by atoms with van der Waals surface area (Å²) in [6.07, 6.45) is 1.15. The van der Waals surface area contributed by atoms with Crippen molar-refractivity contribution in [2.24, 2.45) is 11.7 Å². The summed E-state index contributed by atoms with van der Waals surface area (Å²) >= 11 is 0. The zero-order chi connectivity index (χ0) is 13.9. The molecule has 1 saturated heterocycles. The van der Waals surface area contributed by atoms with Gasteiger partial charge >= 0.3 is 0 Å². The Morgan fingerprint density at radius 2 is 2.15 bits per heavy atom. The third-order valence-electron chi connectivity index (χ3n) is 3.90. The highest BCUT2D eigenvalue weighted by molar-refractivity contribution is 5.51. The van der Waals surface area contributed by atoms with Crippen molar-refractivity contribution in [3.63, 3.8) is 0 Å². The normalized spacial score (nSPS) is 21.2. The van der Waals surface area contributed by atoms with Crippen LogP contribution < -0.4 is 5.73 Å². The maximum absolute atomic E-state index is 5.96. The van der Waals surface area contributed by atoms with Crippen LogP contribution in [0.25, 0.3) is 11.5 Å². The highest BCUT2D eigenvalue weighted by atomic mass is 16.4. The maximum atomic E-state index is 5.96. The number of nitrogens with zero attached hydrogens (tertiary/aromatic N) is 3. The predicted molar refractivity (Wildman–Crippen MR) is 76.8 cm³/mol.